The zero-order valence-corrected chi connectivity index (χ0v) is 26.8. The van der Waals surface area contributed by atoms with E-state index in [0.717, 1.165) is 29.7 Å². The number of hydrogen-bond donors (Lipinski definition) is 1. The molecule has 0 aliphatic carbocycles. The number of benzene rings is 2. The molecule has 0 bridgehead atoms. The van der Waals surface area contributed by atoms with Crippen molar-refractivity contribution >= 4 is 47.0 Å². The van der Waals surface area contributed by atoms with Gasteiger partial charge in [0.1, 0.15) is 23.2 Å². The number of halogens is 2. The van der Waals surface area contributed by atoms with Gasteiger partial charge in [-0.3, -0.25) is 9.69 Å². The van der Waals surface area contributed by atoms with Crippen LogP contribution in [0.5, 0.6) is 5.75 Å². The van der Waals surface area contributed by atoms with Crippen molar-refractivity contribution in [3.8, 4) is 5.75 Å². The molecule has 1 aromatic heterocycles. The third kappa shape index (κ3) is 8.86. The number of nitrogens with zero attached hydrogens (tertiary/aromatic N) is 2. The molecule has 234 valence electrons. The molecule has 4 rings (SSSR count). The van der Waals surface area contributed by atoms with Crippen LogP contribution in [0.15, 0.2) is 54.6 Å². The summed E-state index contributed by atoms with van der Waals surface area (Å²) in [5, 5.41) is 3.05. The summed E-state index contributed by atoms with van der Waals surface area (Å²) in [6.07, 6.45) is 2.88. The van der Waals surface area contributed by atoms with Crippen molar-refractivity contribution in [2.75, 3.05) is 25.2 Å². The molecule has 1 aliphatic heterocycles. The van der Waals surface area contributed by atoms with E-state index >= 15 is 0 Å². The number of carbonyl (C=O) groups is 3. The molecule has 1 atom stereocenters. The highest BCUT2D eigenvalue weighted by Crippen LogP contribution is 2.28. The highest BCUT2D eigenvalue weighted by atomic mass is 35.5. The molecular weight excluding hydrogens is 605 g/mol. The van der Waals surface area contributed by atoms with E-state index in [-0.39, 0.29) is 28.1 Å². The van der Waals surface area contributed by atoms with Gasteiger partial charge in [0.2, 0.25) is 0 Å². The third-order valence-corrected chi connectivity index (χ3v) is 7.51. The molecule has 3 aromatic rings. The number of carbonyl (C=O) groups excluding carboxylic acids is 3. The van der Waals surface area contributed by atoms with Crippen LogP contribution in [0, 0.1) is 0 Å². The second-order valence-corrected chi connectivity index (χ2v) is 12.3. The van der Waals surface area contributed by atoms with E-state index in [1.165, 1.54) is 7.11 Å². The molecule has 44 heavy (non-hydrogen) atoms. The molecule has 1 N–H and O–H groups in total. The zero-order chi connectivity index (χ0) is 31.9. The van der Waals surface area contributed by atoms with Crippen LogP contribution in [0.2, 0.25) is 10.0 Å². The number of amides is 2. The number of ether oxygens (including phenoxy) is 3. The molecule has 9 nitrogen and oxygen atoms in total. The van der Waals surface area contributed by atoms with E-state index in [0.29, 0.717) is 37.6 Å². The Morgan fingerprint density at radius 3 is 2.48 bits per heavy atom. The molecule has 2 aromatic carbocycles. The van der Waals surface area contributed by atoms with Crippen LogP contribution in [-0.4, -0.2) is 54.9 Å². The van der Waals surface area contributed by atoms with E-state index in [1.807, 2.05) is 57.2 Å². The number of methoxy groups -OCH3 is 1. The number of nitrogens with one attached hydrogen (secondary N) is 1. The minimum Gasteiger partial charge on any atom is -0.494 e. The molecule has 2 amide bonds. The van der Waals surface area contributed by atoms with Crippen LogP contribution in [-0.2, 0) is 33.5 Å². The molecule has 11 heteroatoms. The van der Waals surface area contributed by atoms with E-state index < -0.39 is 23.5 Å². The molecule has 2 heterocycles. The molecule has 1 aliphatic rings. The standard InChI is InChI=1S/C33H37Cl2N3O6/c1-33(2,3)44-32(41)38-17-7-10-22-15-16-23(36-29(22)38)11-8-18-43-24-12-5-9-21(19-24)20-27(31(40)42-4)37-30(39)28-25(34)13-6-14-26(28)35/h5-6,9,12-16,19,27H,7-8,10-11,17-18,20H2,1-4H3,(H,37,39)/t27-/m0/s1. The fourth-order valence-corrected chi connectivity index (χ4v) is 5.40. The summed E-state index contributed by atoms with van der Waals surface area (Å²) >= 11 is 12.3. The van der Waals surface area contributed by atoms with Gasteiger partial charge in [-0.25, -0.2) is 14.6 Å². The largest absolute Gasteiger partial charge is 0.494 e. The van der Waals surface area contributed by atoms with E-state index in [1.54, 1.807) is 23.1 Å². The number of aromatic nitrogens is 1. The van der Waals surface area contributed by atoms with Crippen molar-refractivity contribution in [1.29, 1.82) is 0 Å². The Bertz CT molecular complexity index is 1490. The maximum atomic E-state index is 12.9. The normalized spacial score (nSPS) is 13.5. The van der Waals surface area contributed by atoms with Crippen LogP contribution in [0.1, 0.15) is 60.8 Å². The van der Waals surface area contributed by atoms with Gasteiger partial charge in [-0.15, -0.1) is 0 Å². The average molecular weight is 643 g/mol. The highest BCUT2D eigenvalue weighted by molar-refractivity contribution is 6.39. The molecule has 0 radical (unpaired) electrons. The number of anilines is 1. The second kappa shape index (κ2) is 14.8. The van der Waals surface area contributed by atoms with Crippen LogP contribution in [0.3, 0.4) is 0 Å². The van der Waals surface area contributed by atoms with Gasteiger partial charge in [-0.2, -0.15) is 0 Å². The first-order chi connectivity index (χ1) is 20.9. The van der Waals surface area contributed by atoms with Crippen molar-refractivity contribution in [3.63, 3.8) is 0 Å². The number of aryl methyl sites for hydroxylation is 2. The number of hydrogen-bond acceptors (Lipinski definition) is 7. The Hall–Kier alpha value is -3.82. The summed E-state index contributed by atoms with van der Waals surface area (Å²) in [6, 6.07) is 15.1. The maximum absolute atomic E-state index is 12.9. The monoisotopic (exact) mass is 641 g/mol. The van der Waals surface area contributed by atoms with Crippen molar-refractivity contribution in [1.82, 2.24) is 10.3 Å². The Labute approximate surface area is 267 Å². The number of pyridine rings is 1. The maximum Gasteiger partial charge on any atom is 0.416 e. The summed E-state index contributed by atoms with van der Waals surface area (Å²) in [5.74, 6) is 0.116. The smallest absolute Gasteiger partial charge is 0.416 e. The minimum absolute atomic E-state index is 0.0905. The van der Waals surface area contributed by atoms with Crippen molar-refractivity contribution in [2.45, 2.75) is 64.5 Å². The Kier molecular flexibility index (Phi) is 11.1. The minimum atomic E-state index is -0.967. The van der Waals surface area contributed by atoms with Gasteiger partial charge in [-0.1, -0.05) is 47.5 Å². The fourth-order valence-electron chi connectivity index (χ4n) is 4.83. The van der Waals surface area contributed by atoms with Gasteiger partial charge in [-0.05, 0) is 87.9 Å². The van der Waals surface area contributed by atoms with E-state index in [2.05, 4.69) is 5.32 Å². The topological polar surface area (TPSA) is 107 Å². The highest BCUT2D eigenvalue weighted by Gasteiger charge is 2.29. The summed E-state index contributed by atoms with van der Waals surface area (Å²) in [6.45, 7) is 6.56. The third-order valence-electron chi connectivity index (χ3n) is 6.88. The lowest BCUT2D eigenvalue weighted by Gasteiger charge is -2.31. The molecular formula is C33H37Cl2N3O6. The SMILES string of the molecule is COC(=O)[C@H](Cc1cccc(OCCCc2ccc3c(n2)N(C(=O)OC(C)(C)C)CCC3)c1)NC(=O)c1c(Cl)cccc1Cl. The predicted octanol–water partition coefficient (Wildman–Crippen LogP) is 6.60. The quantitative estimate of drug-likeness (QED) is 0.196. The van der Waals surface area contributed by atoms with Gasteiger partial charge < -0.3 is 19.5 Å². The fraction of sp³-hybridized carbons (Fsp3) is 0.394. The number of rotatable bonds is 10. The molecule has 0 spiro atoms. The number of esters is 1. The van der Waals surface area contributed by atoms with Crippen molar-refractivity contribution in [3.05, 3.63) is 87.0 Å². The Morgan fingerprint density at radius 2 is 1.77 bits per heavy atom. The Morgan fingerprint density at radius 1 is 1.05 bits per heavy atom. The van der Waals surface area contributed by atoms with Crippen molar-refractivity contribution in [2.24, 2.45) is 0 Å². The van der Waals surface area contributed by atoms with Gasteiger partial charge in [0, 0.05) is 18.7 Å². The summed E-state index contributed by atoms with van der Waals surface area (Å²) in [4.78, 5) is 44.6. The van der Waals surface area contributed by atoms with Crippen LogP contribution >= 0.6 is 23.2 Å². The first kappa shape index (κ1) is 33.1. The van der Waals surface area contributed by atoms with Gasteiger partial charge in [0.25, 0.3) is 5.91 Å². The predicted molar refractivity (Wildman–Crippen MR) is 170 cm³/mol. The van der Waals surface area contributed by atoms with E-state index in [4.69, 9.17) is 42.4 Å². The lowest BCUT2D eigenvalue weighted by molar-refractivity contribution is -0.142. The van der Waals surface area contributed by atoms with Crippen LogP contribution in [0.4, 0.5) is 10.6 Å². The zero-order valence-electron chi connectivity index (χ0n) is 25.3. The van der Waals surface area contributed by atoms with Crippen LogP contribution < -0.4 is 15.0 Å². The molecule has 0 saturated carbocycles. The molecule has 0 unspecified atom stereocenters. The lowest BCUT2D eigenvalue weighted by atomic mass is 10.0. The van der Waals surface area contributed by atoms with Gasteiger partial charge in [0.15, 0.2) is 0 Å². The second-order valence-electron chi connectivity index (χ2n) is 11.5. The Balaban J connectivity index is 1.34. The summed E-state index contributed by atoms with van der Waals surface area (Å²) < 4.78 is 16.5. The average Bonchev–Trinajstić information content (AvgIpc) is 2.97. The van der Waals surface area contributed by atoms with Gasteiger partial charge in [0.05, 0.1) is 29.3 Å². The molecule has 0 saturated heterocycles. The van der Waals surface area contributed by atoms with E-state index in [9.17, 15) is 14.4 Å². The van der Waals surface area contributed by atoms with Gasteiger partial charge >= 0.3 is 12.1 Å². The first-order valence-corrected chi connectivity index (χ1v) is 15.2. The van der Waals surface area contributed by atoms with Crippen molar-refractivity contribution < 1.29 is 28.6 Å². The molecule has 0 fully saturated rings. The first-order valence-electron chi connectivity index (χ1n) is 14.5. The van der Waals surface area contributed by atoms with Crippen LogP contribution in [0.25, 0.3) is 0 Å². The summed E-state index contributed by atoms with van der Waals surface area (Å²) in [7, 11) is 1.26. The summed E-state index contributed by atoms with van der Waals surface area (Å²) in [5.41, 5.74) is 2.18. The lowest BCUT2D eigenvalue weighted by Crippen LogP contribution is -2.43. The number of fused-ring (bicyclic) bond motifs is 1.